The number of rotatable bonds is 5. The molecule has 1 aromatic rings. The smallest absolute Gasteiger partial charge is 0.323 e. The summed E-state index contributed by atoms with van der Waals surface area (Å²) in [6.07, 6.45) is -5.67. The largest absolute Gasteiger partial charge is 0.422 e. The Kier molecular flexibility index (Phi) is 5.03. The molecule has 3 N–H and O–H groups in total. The van der Waals surface area contributed by atoms with Crippen molar-refractivity contribution in [1.82, 2.24) is 0 Å². The molecule has 114 valence electrons. The number of halogens is 3. The summed E-state index contributed by atoms with van der Waals surface area (Å²) in [4.78, 5) is 9.81. The first kappa shape index (κ1) is 17.2. The Balaban J connectivity index is 3.37. The van der Waals surface area contributed by atoms with Crippen LogP contribution in [0, 0.1) is 0 Å². The molecule has 3 unspecified atom stereocenters. The van der Waals surface area contributed by atoms with Crippen LogP contribution in [0.4, 0.5) is 13.2 Å². The molecule has 3 atom stereocenters. The summed E-state index contributed by atoms with van der Waals surface area (Å²) in [5.41, 5.74) is 4.80. The molecule has 0 fully saturated rings. The molecule has 20 heavy (non-hydrogen) atoms. The molecule has 0 aromatic heterocycles. The van der Waals surface area contributed by atoms with Gasteiger partial charge in [-0.3, -0.25) is 4.57 Å². The molecule has 0 heterocycles. The van der Waals surface area contributed by atoms with Crippen molar-refractivity contribution < 1.29 is 27.2 Å². The first-order valence-corrected chi connectivity index (χ1v) is 7.56. The van der Waals surface area contributed by atoms with E-state index in [0.717, 1.165) is 12.1 Å². The monoisotopic (exact) mass is 311 g/mol. The van der Waals surface area contributed by atoms with Gasteiger partial charge >= 0.3 is 13.8 Å². The summed E-state index contributed by atoms with van der Waals surface area (Å²) in [5.74, 6) is 0. The van der Waals surface area contributed by atoms with Crippen molar-refractivity contribution in [2.75, 3.05) is 0 Å². The van der Waals surface area contributed by atoms with Crippen LogP contribution in [0.25, 0.3) is 0 Å². The third-order valence-corrected chi connectivity index (χ3v) is 5.04. The molecule has 0 aliphatic heterocycles. The highest BCUT2D eigenvalue weighted by atomic mass is 31.2. The van der Waals surface area contributed by atoms with Crippen LogP contribution in [0.5, 0.6) is 0 Å². The maximum absolute atomic E-state index is 13.3. The van der Waals surface area contributed by atoms with Crippen molar-refractivity contribution in [2.24, 2.45) is 5.73 Å². The minimum atomic E-state index is -5.18. The molecule has 0 aliphatic rings. The van der Waals surface area contributed by atoms with E-state index in [9.17, 15) is 22.6 Å². The summed E-state index contributed by atoms with van der Waals surface area (Å²) < 4.78 is 56.7. The lowest BCUT2D eigenvalue weighted by Crippen LogP contribution is -2.50. The van der Waals surface area contributed by atoms with E-state index in [2.05, 4.69) is 0 Å². The average molecular weight is 311 g/mol. The van der Waals surface area contributed by atoms with Gasteiger partial charge in [0.25, 0.3) is 0 Å². The zero-order valence-electron chi connectivity index (χ0n) is 11.1. The molecule has 0 radical (unpaired) electrons. The Bertz CT molecular complexity index is 494. The van der Waals surface area contributed by atoms with Crippen LogP contribution in [0.1, 0.15) is 25.8 Å². The van der Waals surface area contributed by atoms with Gasteiger partial charge in [0.2, 0.25) is 5.28 Å². The second-order valence-corrected chi connectivity index (χ2v) is 6.43. The van der Waals surface area contributed by atoms with E-state index in [0.29, 0.717) is 0 Å². The van der Waals surface area contributed by atoms with E-state index in [4.69, 9.17) is 10.3 Å². The van der Waals surface area contributed by atoms with E-state index >= 15 is 0 Å². The number of hydrogen-bond donors (Lipinski definition) is 2. The van der Waals surface area contributed by atoms with Gasteiger partial charge in [-0.05, 0) is 18.9 Å². The van der Waals surface area contributed by atoms with Gasteiger partial charge in [-0.25, -0.2) is 0 Å². The zero-order valence-corrected chi connectivity index (χ0v) is 12.0. The topological polar surface area (TPSA) is 72.5 Å². The van der Waals surface area contributed by atoms with E-state index in [1.54, 1.807) is 6.92 Å². The van der Waals surface area contributed by atoms with Crippen LogP contribution in [-0.4, -0.2) is 17.2 Å². The van der Waals surface area contributed by atoms with Crippen LogP contribution in [0.15, 0.2) is 30.3 Å². The SMILES string of the molecule is CCC(C)OP(=O)(O)C(N)(c1ccccc1)C(F)(F)F. The Labute approximate surface area is 115 Å². The standard InChI is InChI=1S/C12H17F3NO3P/c1-3-9(2)19-20(17,18)11(16,12(13,14)15)10-7-5-4-6-8-10/h4-9H,3,16H2,1-2H3,(H,17,18). The number of benzene rings is 1. The van der Waals surface area contributed by atoms with E-state index < -0.39 is 30.7 Å². The van der Waals surface area contributed by atoms with Gasteiger partial charge in [0, 0.05) is 0 Å². The molecule has 0 bridgehead atoms. The van der Waals surface area contributed by atoms with Crippen LogP contribution in [-0.2, 0) is 14.4 Å². The Morgan fingerprint density at radius 1 is 1.35 bits per heavy atom. The van der Waals surface area contributed by atoms with Crippen molar-refractivity contribution >= 4 is 7.60 Å². The molecule has 8 heteroatoms. The van der Waals surface area contributed by atoms with Gasteiger partial charge in [-0.15, -0.1) is 0 Å². The van der Waals surface area contributed by atoms with Crippen molar-refractivity contribution in [2.45, 2.75) is 37.8 Å². The lowest BCUT2D eigenvalue weighted by Gasteiger charge is -2.36. The van der Waals surface area contributed by atoms with E-state index in [1.807, 2.05) is 0 Å². The summed E-state index contributed by atoms with van der Waals surface area (Å²) >= 11 is 0. The highest BCUT2D eigenvalue weighted by Gasteiger charge is 2.66. The lowest BCUT2D eigenvalue weighted by molar-refractivity contribution is -0.169. The normalized spacial score (nSPS) is 19.9. The molecular formula is C12H17F3NO3P. The highest BCUT2D eigenvalue weighted by Crippen LogP contribution is 2.64. The molecule has 0 saturated heterocycles. The fourth-order valence-electron chi connectivity index (χ4n) is 1.58. The minimum absolute atomic E-state index is 0.285. The predicted octanol–water partition coefficient (Wildman–Crippen LogP) is 3.36. The Morgan fingerprint density at radius 2 is 1.85 bits per heavy atom. The third kappa shape index (κ3) is 3.06. The van der Waals surface area contributed by atoms with Crippen LogP contribution >= 0.6 is 7.60 Å². The predicted molar refractivity (Wildman–Crippen MR) is 69.0 cm³/mol. The quantitative estimate of drug-likeness (QED) is 0.818. The second-order valence-electron chi connectivity index (χ2n) is 4.47. The molecule has 0 amide bonds. The van der Waals surface area contributed by atoms with Crippen molar-refractivity contribution in [1.29, 1.82) is 0 Å². The second kappa shape index (κ2) is 5.85. The molecule has 0 aliphatic carbocycles. The van der Waals surface area contributed by atoms with Crippen molar-refractivity contribution in [3.8, 4) is 0 Å². The molecule has 1 aromatic carbocycles. The van der Waals surface area contributed by atoms with Crippen LogP contribution in [0.3, 0.4) is 0 Å². The third-order valence-electron chi connectivity index (χ3n) is 2.99. The Morgan fingerprint density at radius 3 is 2.25 bits per heavy atom. The van der Waals surface area contributed by atoms with Gasteiger partial charge in [-0.2, -0.15) is 13.2 Å². The fourth-order valence-corrected chi connectivity index (χ4v) is 3.18. The molecule has 4 nitrogen and oxygen atoms in total. The van der Waals surface area contributed by atoms with Crippen molar-refractivity contribution in [3.63, 3.8) is 0 Å². The molecule has 1 rings (SSSR count). The summed E-state index contributed by atoms with van der Waals surface area (Å²) in [5, 5.41) is -3.45. The van der Waals surface area contributed by atoms with Crippen LogP contribution in [0.2, 0.25) is 0 Å². The van der Waals surface area contributed by atoms with Gasteiger partial charge in [0.1, 0.15) is 0 Å². The van der Waals surface area contributed by atoms with E-state index in [1.165, 1.54) is 25.1 Å². The highest BCUT2D eigenvalue weighted by molar-refractivity contribution is 7.54. The molecular weight excluding hydrogens is 294 g/mol. The maximum Gasteiger partial charge on any atom is 0.422 e. The first-order chi connectivity index (χ1) is 9.06. The van der Waals surface area contributed by atoms with Crippen molar-refractivity contribution in [3.05, 3.63) is 35.9 Å². The molecule has 0 spiro atoms. The van der Waals surface area contributed by atoms with Gasteiger partial charge in [0.05, 0.1) is 6.10 Å². The van der Waals surface area contributed by atoms with E-state index in [-0.39, 0.29) is 6.42 Å². The first-order valence-electron chi connectivity index (χ1n) is 5.98. The summed E-state index contributed by atoms with van der Waals surface area (Å²) in [6.45, 7) is 3.03. The summed E-state index contributed by atoms with van der Waals surface area (Å²) in [7, 11) is -5.18. The van der Waals surface area contributed by atoms with Crippen LogP contribution < -0.4 is 5.73 Å². The number of alkyl halides is 3. The number of nitrogens with two attached hydrogens (primary N) is 1. The van der Waals surface area contributed by atoms with Gasteiger partial charge in [0.15, 0.2) is 0 Å². The fraction of sp³-hybridized carbons (Fsp3) is 0.500. The molecule has 0 saturated carbocycles. The number of hydrogen-bond acceptors (Lipinski definition) is 3. The van der Waals surface area contributed by atoms with Gasteiger partial charge in [-0.1, -0.05) is 37.3 Å². The maximum atomic E-state index is 13.3. The minimum Gasteiger partial charge on any atom is -0.323 e. The zero-order chi connectivity index (χ0) is 15.6. The van der Waals surface area contributed by atoms with Gasteiger partial charge < -0.3 is 15.2 Å². The average Bonchev–Trinajstić information content (AvgIpc) is 2.36. The Hall–Kier alpha value is -0.880. The summed E-state index contributed by atoms with van der Waals surface area (Å²) in [6, 6.07) is 6.21. The lowest BCUT2D eigenvalue weighted by atomic mass is 10.1.